The molecule has 2 aromatic rings. The highest BCUT2D eigenvalue weighted by atomic mass is 32.1. The normalized spacial score (nSPS) is 19.0. The zero-order chi connectivity index (χ0) is 14.7. The van der Waals surface area contributed by atoms with Crippen molar-refractivity contribution in [2.75, 3.05) is 13.1 Å². The molecule has 1 aromatic heterocycles. The molecule has 5 heteroatoms. The van der Waals surface area contributed by atoms with Crippen molar-refractivity contribution in [3.05, 3.63) is 57.8 Å². The van der Waals surface area contributed by atoms with Crippen LogP contribution in [-0.2, 0) is 11.3 Å². The Morgan fingerprint density at radius 1 is 1.38 bits per heavy atom. The van der Waals surface area contributed by atoms with E-state index in [4.69, 9.17) is 5.26 Å². The highest BCUT2D eigenvalue weighted by molar-refractivity contribution is 7.10. The number of carbonyl (C=O) groups is 1. The van der Waals surface area contributed by atoms with Crippen molar-refractivity contribution in [2.24, 2.45) is 0 Å². The molecule has 0 aliphatic carbocycles. The van der Waals surface area contributed by atoms with Gasteiger partial charge in [-0.2, -0.15) is 5.26 Å². The Labute approximate surface area is 127 Å². The van der Waals surface area contributed by atoms with Gasteiger partial charge < -0.3 is 5.32 Å². The van der Waals surface area contributed by atoms with Gasteiger partial charge in [0.2, 0.25) is 5.91 Å². The van der Waals surface area contributed by atoms with Crippen LogP contribution in [-0.4, -0.2) is 23.9 Å². The Morgan fingerprint density at radius 2 is 2.29 bits per heavy atom. The maximum atomic E-state index is 12.2. The molecule has 106 valence electrons. The number of thiophene rings is 1. The van der Waals surface area contributed by atoms with E-state index in [1.807, 2.05) is 35.7 Å². The standard InChI is InChI=1S/C16H15N3OS/c17-10-12-3-1-4-13(9-12)11-19-7-6-18-16(20)15(19)14-5-2-8-21-14/h1-5,8-9,15H,6-7,11H2,(H,18,20). The van der Waals surface area contributed by atoms with Gasteiger partial charge in [0, 0.05) is 24.5 Å². The summed E-state index contributed by atoms with van der Waals surface area (Å²) < 4.78 is 0. The van der Waals surface area contributed by atoms with Gasteiger partial charge in [0.05, 0.1) is 11.6 Å². The van der Waals surface area contributed by atoms with Gasteiger partial charge >= 0.3 is 0 Å². The molecule has 1 saturated heterocycles. The lowest BCUT2D eigenvalue weighted by atomic mass is 10.1. The van der Waals surface area contributed by atoms with Crippen LogP contribution in [0, 0.1) is 11.3 Å². The Morgan fingerprint density at radius 3 is 3.05 bits per heavy atom. The van der Waals surface area contributed by atoms with Gasteiger partial charge in [-0.05, 0) is 29.1 Å². The second-order valence-corrected chi connectivity index (χ2v) is 5.97. The fourth-order valence-electron chi connectivity index (χ4n) is 2.61. The summed E-state index contributed by atoms with van der Waals surface area (Å²) in [6.07, 6.45) is 0. The third-order valence-corrected chi connectivity index (χ3v) is 4.49. The van der Waals surface area contributed by atoms with Gasteiger partial charge in [-0.3, -0.25) is 9.69 Å². The maximum Gasteiger partial charge on any atom is 0.242 e. The van der Waals surface area contributed by atoms with E-state index in [2.05, 4.69) is 16.3 Å². The number of nitrogens with zero attached hydrogens (tertiary/aromatic N) is 2. The van der Waals surface area contributed by atoms with Crippen molar-refractivity contribution in [1.29, 1.82) is 5.26 Å². The van der Waals surface area contributed by atoms with Crippen molar-refractivity contribution >= 4 is 17.2 Å². The Bertz CT molecular complexity index is 675. The third kappa shape index (κ3) is 2.97. The van der Waals surface area contributed by atoms with Crippen molar-refractivity contribution in [2.45, 2.75) is 12.6 Å². The van der Waals surface area contributed by atoms with Crippen LogP contribution in [0.2, 0.25) is 0 Å². The molecule has 1 unspecified atom stereocenters. The fraction of sp³-hybridized carbons (Fsp3) is 0.250. The molecule has 0 spiro atoms. The molecule has 0 saturated carbocycles. The van der Waals surface area contributed by atoms with E-state index in [0.29, 0.717) is 18.7 Å². The van der Waals surface area contributed by atoms with Crippen LogP contribution in [0.5, 0.6) is 0 Å². The average molecular weight is 297 g/mol. The first-order valence-corrected chi connectivity index (χ1v) is 7.70. The molecule has 1 aromatic carbocycles. The molecule has 1 amide bonds. The van der Waals surface area contributed by atoms with Gasteiger partial charge in [0.1, 0.15) is 6.04 Å². The molecule has 1 fully saturated rings. The maximum absolute atomic E-state index is 12.2. The quantitative estimate of drug-likeness (QED) is 0.945. The summed E-state index contributed by atoms with van der Waals surface area (Å²) in [7, 11) is 0. The number of hydrogen-bond donors (Lipinski definition) is 1. The van der Waals surface area contributed by atoms with Gasteiger partial charge in [0.15, 0.2) is 0 Å². The van der Waals surface area contributed by atoms with Crippen molar-refractivity contribution in [1.82, 2.24) is 10.2 Å². The van der Waals surface area contributed by atoms with Gasteiger partial charge in [-0.15, -0.1) is 11.3 Å². The topological polar surface area (TPSA) is 56.1 Å². The lowest BCUT2D eigenvalue weighted by molar-refractivity contribution is -0.129. The first kappa shape index (κ1) is 13.8. The Kier molecular flexibility index (Phi) is 4.00. The van der Waals surface area contributed by atoms with Crippen molar-refractivity contribution in [3.63, 3.8) is 0 Å². The lowest BCUT2D eigenvalue weighted by Gasteiger charge is -2.34. The van der Waals surface area contributed by atoms with Crippen LogP contribution in [0.3, 0.4) is 0 Å². The van der Waals surface area contributed by atoms with Crippen LogP contribution in [0.4, 0.5) is 0 Å². The Balaban J connectivity index is 1.85. The number of piperazine rings is 1. The first-order chi connectivity index (χ1) is 10.3. The lowest BCUT2D eigenvalue weighted by Crippen LogP contribution is -2.49. The van der Waals surface area contributed by atoms with E-state index < -0.39 is 0 Å². The molecule has 4 nitrogen and oxygen atoms in total. The minimum atomic E-state index is -0.232. The second kappa shape index (κ2) is 6.08. The van der Waals surface area contributed by atoms with E-state index in [9.17, 15) is 4.79 Å². The number of amides is 1. The second-order valence-electron chi connectivity index (χ2n) is 4.99. The predicted molar refractivity (Wildman–Crippen MR) is 81.6 cm³/mol. The van der Waals surface area contributed by atoms with Crippen LogP contribution < -0.4 is 5.32 Å². The van der Waals surface area contributed by atoms with Crippen LogP contribution >= 0.6 is 11.3 Å². The monoisotopic (exact) mass is 297 g/mol. The van der Waals surface area contributed by atoms with Crippen molar-refractivity contribution in [3.8, 4) is 6.07 Å². The highest BCUT2D eigenvalue weighted by Gasteiger charge is 2.31. The summed E-state index contributed by atoms with van der Waals surface area (Å²) in [4.78, 5) is 15.4. The molecular weight excluding hydrogens is 282 g/mol. The number of carbonyl (C=O) groups excluding carboxylic acids is 1. The number of benzene rings is 1. The summed E-state index contributed by atoms with van der Waals surface area (Å²) in [5, 5.41) is 13.9. The van der Waals surface area contributed by atoms with Gasteiger partial charge in [0.25, 0.3) is 0 Å². The molecule has 1 N–H and O–H groups in total. The molecule has 0 radical (unpaired) electrons. The molecule has 1 aliphatic heterocycles. The molecule has 1 atom stereocenters. The van der Waals surface area contributed by atoms with Gasteiger partial charge in [-0.1, -0.05) is 18.2 Å². The Hall–Kier alpha value is -2.16. The summed E-state index contributed by atoms with van der Waals surface area (Å²) in [5.74, 6) is 0.0557. The van der Waals surface area contributed by atoms with E-state index in [-0.39, 0.29) is 11.9 Å². The third-order valence-electron chi connectivity index (χ3n) is 3.57. The summed E-state index contributed by atoms with van der Waals surface area (Å²) in [5.41, 5.74) is 1.71. The van der Waals surface area contributed by atoms with Crippen LogP contribution in [0.25, 0.3) is 0 Å². The SMILES string of the molecule is N#Cc1cccc(CN2CCNC(=O)C2c2cccs2)c1. The zero-order valence-electron chi connectivity index (χ0n) is 11.5. The summed E-state index contributed by atoms with van der Waals surface area (Å²) >= 11 is 1.60. The van der Waals surface area contributed by atoms with Gasteiger partial charge in [-0.25, -0.2) is 0 Å². The van der Waals surface area contributed by atoms with E-state index in [0.717, 1.165) is 17.0 Å². The highest BCUT2D eigenvalue weighted by Crippen LogP contribution is 2.28. The van der Waals surface area contributed by atoms with Crippen molar-refractivity contribution < 1.29 is 4.79 Å². The number of hydrogen-bond acceptors (Lipinski definition) is 4. The van der Waals surface area contributed by atoms with Crippen LogP contribution in [0.1, 0.15) is 22.0 Å². The zero-order valence-corrected chi connectivity index (χ0v) is 12.3. The molecule has 0 bridgehead atoms. The molecule has 21 heavy (non-hydrogen) atoms. The largest absolute Gasteiger partial charge is 0.353 e. The summed E-state index contributed by atoms with van der Waals surface area (Å²) in [6.45, 7) is 2.15. The molecule has 2 heterocycles. The predicted octanol–water partition coefficient (Wildman–Crippen LogP) is 2.29. The molecule has 1 aliphatic rings. The molecule has 3 rings (SSSR count). The minimum Gasteiger partial charge on any atom is -0.353 e. The number of nitrogens with one attached hydrogen (secondary N) is 1. The molecular formula is C16H15N3OS. The van der Waals surface area contributed by atoms with E-state index in [1.54, 1.807) is 17.4 Å². The summed E-state index contributed by atoms with van der Waals surface area (Å²) in [6, 6.07) is 13.5. The number of nitriles is 1. The van der Waals surface area contributed by atoms with E-state index >= 15 is 0 Å². The number of rotatable bonds is 3. The fourth-order valence-corrected chi connectivity index (χ4v) is 3.47. The van der Waals surface area contributed by atoms with Crippen LogP contribution in [0.15, 0.2) is 41.8 Å². The smallest absolute Gasteiger partial charge is 0.242 e. The first-order valence-electron chi connectivity index (χ1n) is 6.82. The average Bonchev–Trinajstić information content (AvgIpc) is 3.01. The minimum absolute atomic E-state index is 0.0557. The van der Waals surface area contributed by atoms with E-state index in [1.165, 1.54) is 0 Å².